The average Bonchev–Trinajstić information content (AvgIpc) is 3.42. The van der Waals surface area contributed by atoms with Gasteiger partial charge < -0.3 is 16.0 Å². The quantitative estimate of drug-likeness (QED) is 0.389. The van der Waals surface area contributed by atoms with Gasteiger partial charge in [-0.25, -0.2) is 0 Å². The number of benzene rings is 2. The van der Waals surface area contributed by atoms with Crippen molar-refractivity contribution in [3.8, 4) is 0 Å². The topological polar surface area (TPSA) is 83.3 Å². The van der Waals surface area contributed by atoms with Gasteiger partial charge in [0, 0.05) is 43.6 Å². The lowest BCUT2D eigenvalue weighted by Gasteiger charge is -2.19. The van der Waals surface area contributed by atoms with Crippen LogP contribution in [0.5, 0.6) is 0 Å². The Morgan fingerprint density at radius 3 is 2.65 bits per heavy atom. The molecule has 3 aromatic rings. The van der Waals surface area contributed by atoms with E-state index in [2.05, 4.69) is 56.4 Å². The number of hydrogen-bond donors (Lipinski definition) is 3. The standard InChI is InChI=1S/C24H28N6O/c1-25-23(27-18-24(11-12-24)20-8-3-2-4-9-20)26-16-19-7-5-10-21(15-19)29-22(31)17-30-14-6-13-28-30/h2-10,13-15H,11-12,16-18H2,1H3,(H,29,31)(H2,25,26,27). The second-order valence-electron chi connectivity index (χ2n) is 7.88. The van der Waals surface area contributed by atoms with E-state index in [0.717, 1.165) is 23.8 Å². The van der Waals surface area contributed by atoms with Crippen LogP contribution in [-0.2, 0) is 23.3 Å². The Hall–Kier alpha value is -3.61. The minimum atomic E-state index is -0.109. The van der Waals surface area contributed by atoms with Gasteiger partial charge in [0.15, 0.2) is 5.96 Å². The van der Waals surface area contributed by atoms with E-state index >= 15 is 0 Å². The largest absolute Gasteiger partial charge is 0.356 e. The van der Waals surface area contributed by atoms with Gasteiger partial charge in [0.2, 0.25) is 5.91 Å². The summed E-state index contributed by atoms with van der Waals surface area (Å²) in [6, 6.07) is 20.3. The van der Waals surface area contributed by atoms with Crippen LogP contribution < -0.4 is 16.0 Å². The van der Waals surface area contributed by atoms with E-state index in [1.54, 1.807) is 30.2 Å². The Morgan fingerprint density at radius 2 is 1.94 bits per heavy atom. The summed E-state index contributed by atoms with van der Waals surface area (Å²) in [6.07, 6.45) is 5.82. The lowest BCUT2D eigenvalue weighted by Crippen LogP contribution is -2.40. The van der Waals surface area contributed by atoms with Gasteiger partial charge in [0.25, 0.3) is 0 Å². The molecule has 1 aliphatic rings. The Balaban J connectivity index is 1.28. The molecule has 0 atom stereocenters. The molecule has 0 spiro atoms. The summed E-state index contributed by atoms with van der Waals surface area (Å²) in [6.45, 7) is 1.66. The van der Waals surface area contributed by atoms with Gasteiger partial charge >= 0.3 is 0 Å². The van der Waals surface area contributed by atoms with Crippen LogP contribution in [0.3, 0.4) is 0 Å². The minimum absolute atomic E-state index is 0.109. The maximum absolute atomic E-state index is 12.2. The number of anilines is 1. The molecule has 4 rings (SSSR count). The molecule has 160 valence electrons. The highest BCUT2D eigenvalue weighted by atomic mass is 16.2. The van der Waals surface area contributed by atoms with Gasteiger partial charge in [-0.1, -0.05) is 42.5 Å². The van der Waals surface area contributed by atoms with Gasteiger partial charge in [-0.3, -0.25) is 14.5 Å². The third kappa shape index (κ3) is 5.51. The Bertz CT molecular complexity index is 1030. The Labute approximate surface area is 182 Å². The summed E-state index contributed by atoms with van der Waals surface area (Å²) in [5.74, 6) is 0.664. The van der Waals surface area contributed by atoms with Crippen LogP contribution >= 0.6 is 0 Å². The summed E-state index contributed by atoms with van der Waals surface area (Å²) >= 11 is 0. The van der Waals surface area contributed by atoms with Crippen molar-refractivity contribution in [2.75, 3.05) is 18.9 Å². The molecule has 0 unspecified atom stereocenters. The molecule has 1 amide bonds. The molecule has 2 aromatic carbocycles. The SMILES string of the molecule is CN=C(NCc1cccc(NC(=O)Cn2cccn2)c1)NCC1(c2ccccc2)CC1. The van der Waals surface area contributed by atoms with Crippen LogP contribution in [0.1, 0.15) is 24.0 Å². The maximum atomic E-state index is 12.2. The van der Waals surface area contributed by atoms with Crippen LogP contribution in [0.2, 0.25) is 0 Å². The summed E-state index contributed by atoms with van der Waals surface area (Å²) < 4.78 is 1.60. The third-order valence-electron chi connectivity index (χ3n) is 5.59. The van der Waals surface area contributed by atoms with Crippen molar-refractivity contribution in [1.29, 1.82) is 0 Å². The van der Waals surface area contributed by atoms with Crippen molar-refractivity contribution in [2.24, 2.45) is 4.99 Å². The molecule has 7 heteroatoms. The minimum Gasteiger partial charge on any atom is -0.356 e. The number of guanidine groups is 1. The first kappa shape index (κ1) is 20.7. The zero-order valence-corrected chi connectivity index (χ0v) is 17.7. The first-order valence-corrected chi connectivity index (χ1v) is 10.5. The molecule has 0 aliphatic heterocycles. The van der Waals surface area contributed by atoms with Crippen molar-refractivity contribution in [3.05, 3.63) is 84.2 Å². The predicted octanol–water partition coefficient (Wildman–Crippen LogP) is 2.92. The molecule has 0 saturated heterocycles. The van der Waals surface area contributed by atoms with E-state index in [1.807, 2.05) is 24.3 Å². The lowest BCUT2D eigenvalue weighted by atomic mass is 9.96. The number of hydrogen-bond acceptors (Lipinski definition) is 3. The highest BCUT2D eigenvalue weighted by molar-refractivity contribution is 5.90. The van der Waals surface area contributed by atoms with Crippen LogP contribution in [0.4, 0.5) is 5.69 Å². The van der Waals surface area contributed by atoms with E-state index in [9.17, 15) is 4.79 Å². The third-order valence-corrected chi connectivity index (χ3v) is 5.59. The fourth-order valence-corrected chi connectivity index (χ4v) is 3.67. The number of rotatable bonds is 8. The summed E-state index contributed by atoms with van der Waals surface area (Å²) in [4.78, 5) is 16.5. The summed E-state index contributed by atoms with van der Waals surface area (Å²) in [5, 5.41) is 13.8. The van der Waals surface area contributed by atoms with Gasteiger partial charge in [-0.2, -0.15) is 5.10 Å². The molecule has 1 fully saturated rings. The van der Waals surface area contributed by atoms with E-state index in [-0.39, 0.29) is 17.9 Å². The first-order chi connectivity index (χ1) is 15.2. The molecule has 7 nitrogen and oxygen atoms in total. The van der Waals surface area contributed by atoms with Gasteiger partial charge in [-0.05, 0) is 42.2 Å². The normalized spacial score (nSPS) is 14.7. The van der Waals surface area contributed by atoms with E-state index < -0.39 is 0 Å². The molecule has 1 saturated carbocycles. The number of aliphatic imine (C=N–C) groups is 1. The number of amides is 1. The smallest absolute Gasteiger partial charge is 0.246 e. The van der Waals surface area contributed by atoms with Crippen molar-refractivity contribution in [1.82, 2.24) is 20.4 Å². The van der Waals surface area contributed by atoms with Crippen LogP contribution in [0.25, 0.3) is 0 Å². The highest BCUT2D eigenvalue weighted by Gasteiger charge is 2.43. The fourth-order valence-electron chi connectivity index (χ4n) is 3.67. The monoisotopic (exact) mass is 416 g/mol. The molecule has 0 radical (unpaired) electrons. The molecule has 3 N–H and O–H groups in total. The highest BCUT2D eigenvalue weighted by Crippen LogP contribution is 2.47. The molecule has 1 aliphatic carbocycles. The zero-order valence-electron chi connectivity index (χ0n) is 17.7. The average molecular weight is 417 g/mol. The maximum Gasteiger partial charge on any atom is 0.246 e. The number of nitrogens with one attached hydrogen (secondary N) is 3. The Kier molecular flexibility index (Phi) is 6.31. The van der Waals surface area contributed by atoms with Crippen LogP contribution in [0.15, 0.2) is 78.0 Å². The molecule has 31 heavy (non-hydrogen) atoms. The van der Waals surface area contributed by atoms with Crippen molar-refractivity contribution >= 4 is 17.6 Å². The van der Waals surface area contributed by atoms with E-state index in [4.69, 9.17) is 0 Å². The van der Waals surface area contributed by atoms with Crippen LogP contribution in [-0.4, -0.2) is 35.2 Å². The van der Waals surface area contributed by atoms with E-state index in [0.29, 0.717) is 6.54 Å². The van der Waals surface area contributed by atoms with Gasteiger partial charge in [-0.15, -0.1) is 0 Å². The second-order valence-corrected chi connectivity index (χ2v) is 7.88. The first-order valence-electron chi connectivity index (χ1n) is 10.5. The van der Waals surface area contributed by atoms with Crippen molar-refractivity contribution in [3.63, 3.8) is 0 Å². The number of carbonyl (C=O) groups excluding carboxylic acids is 1. The van der Waals surface area contributed by atoms with Crippen molar-refractivity contribution in [2.45, 2.75) is 31.3 Å². The second kappa shape index (κ2) is 9.47. The van der Waals surface area contributed by atoms with E-state index in [1.165, 1.54) is 18.4 Å². The number of nitrogens with zero attached hydrogens (tertiary/aromatic N) is 3. The molecule has 1 aromatic heterocycles. The van der Waals surface area contributed by atoms with Crippen LogP contribution in [0, 0.1) is 0 Å². The van der Waals surface area contributed by atoms with Crippen molar-refractivity contribution < 1.29 is 4.79 Å². The molecular formula is C24H28N6O. The molecule has 1 heterocycles. The summed E-state index contributed by atoms with van der Waals surface area (Å²) in [5.41, 5.74) is 3.43. The fraction of sp³-hybridized carbons (Fsp3) is 0.292. The molecule has 0 bridgehead atoms. The number of carbonyl (C=O) groups is 1. The van der Waals surface area contributed by atoms with Gasteiger partial charge in [0.1, 0.15) is 6.54 Å². The lowest BCUT2D eigenvalue weighted by molar-refractivity contribution is -0.116. The predicted molar refractivity (Wildman–Crippen MR) is 123 cm³/mol. The number of aromatic nitrogens is 2. The van der Waals surface area contributed by atoms with Gasteiger partial charge in [0.05, 0.1) is 0 Å². The summed E-state index contributed by atoms with van der Waals surface area (Å²) in [7, 11) is 1.78. The Morgan fingerprint density at radius 1 is 1.10 bits per heavy atom. The molecular weight excluding hydrogens is 388 g/mol. The zero-order chi connectivity index (χ0) is 21.5.